The Hall–Kier alpha value is -4.16. The van der Waals surface area contributed by atoms with Crippen molar-refractivity contribution in [3.8, 4) is 22.7 Å². The Morgan fingerprint density at radius 2 is 2.00 bits per heavy atom. The number of thiazole rings is 1. The van der Waals surface area contributed by atoms with Gasteiger partial charge in [-0.2, -0.15) is 10.1 Å². The molecule has 11 nitrogen and oxygen atoms in total. The van der Waals surface area contributed by atoms with Gasteiger partial charge in [-0.15, -0.1) is 0 Å². The van der Waals surface area contributed by atoms with Crippen molar-refractivity contribution in [3.05, 3.63) is 54.4 Å². The zero-order valence-corrected chi connectivity index (χ0v) is 20.4. The average molecular weight is 503 g/mol. The first kappa shape index (κ1) is 22.3. The van der Waals surface area contributed by atoms with Crippen LogP contribution in [0.2, 0.25) is 0 Å². The molecule has 1 aliphatic heterocycles. The topological polar surface area (TPSA) is 124 Å². The molecule has 1 amide bonds. The molecule has 1 N–H and O–H groups in total. The second-order valence-electron chi connectivity index (χ2n) is 8.38. The Bertz CT molecular complexity index is 1570. The van der Waals surface area contributed by atoms with E-state index in [2.05, 4.69) is 25.3 Å². The fraction of sp³-hybridized carbons (Fsp3) is 0.250. The number of amides is 1. The number of anilines is 2. The molecule has 0 aromatic carbocycles. The highest BCUT2D eigenvalue weighted by Gasteiger charge is 2.21. The van der Waals surface area contributed by atoms with Gasteiger partial charge in [-0.25, -0.2) is 9.97 Å². The zero-order chi connectivity index (χ0) is 24.6. The molecule has 0 atom stereocenters. The molecule has 0 radical (unpaired) electrons. The number of pyridine rings is 2. The summed E-state index contributed by atoms with van der Waals surface area (Å²) in [6, 6.07) is 5.54. The van der Waals surface area contributed by atoms with Crippen molar-refractivity contribution < 1.29 is 13.9 Å². The quantitative estimate of drug-likeness (QED) is 0.384. The third-order valence-electron chi connectivity index (χ3n) is 5.76. The smallest absolute Gasteiger partial charge is 0.277 e. The van der Waals surface area contributed by atoms with Crippen LogP contribution in [0.3, 0.4) is 0 Å². The van der Waals surface area contributed by atoms with Gasteiger partial charge in [0.25, 0.3) is 5.91 Å². The third-order valence-corrected chi connectivity index (χ3v) is 6.81. The van der Waals surface area contributed by atoms with Gasteiger partial charge in [0.1, 0.15) is 6.26 Å². The number of carbonyl (C=O) groups is 1. The number of carbonyl (C=O) groups excluding carboxylic acids is 1. The Balaban J connectivity index is 1.34. The predicted molar refractivity (Wildman–Crippen MR) is 135 cm³/mol. The van der Waals surface area contributed by atoms with Gasteiger partial charge in [-0.05, 0) is 25.1 Å². The summed E-state index contributed by atoms with van der Waals surface area (Å²) in [6.45, 7) is 4.79. The lowest BCUT2D eigenvalue weighted by Crippen LogP contribution is -2.36. The first-order valence-electron chi connectivity index (χ1n) is 11.4. The van der Waals surface area contributed by atoms with Crippen molar-refractivity contribution in [2.75, 3.05) is 36.5 Å². The van der Waals surface area contributed by atoms with Gasteiger partial charge >= 0.3 is 0 Å². The van der Waals surface area contributed by atoms with E-state index < -0.39 is 5.91 Å². The maximum absolute atomic E-state index is 13.2. The average Bonchev–Trinajstić information content (AvgIpc) is 3.63. The Labute approximate surface area is 209 Å². The summed E-state index contributed by atoms with van der Waals surface area (Å²) in [5.41, 5.74) is 4.26. The highest BCUT2D eigenvalue weighted by molar-refractivity contribution is 7.22. The maximum atomic E-state index is 13.2. The molecule has 0 spiro atoms. The molecule has 5 aromatic heterocycles. The van der Waals surface area contributed by atoms with Crippen LogP contribution in [0.1, 0.15) is 16.2 Å². The SMILES string of the molecule is Cc1cc(-c2nc(C(=O)Nc3cc4sc(N5CCOCC5)nc4nc3-c3cnn(C)c3)co2)ccn1. The van der Waals surface area contributed by atoms with Gasteiger partial charge in [0.15, 0.2) is 16.5 Å². The normalized spacial score (nSPS) is 13.9. The summed E-state index contributed by atoms with van der Waals surface area (Å²) < 4.78 is 13.6. The molecule has 0 bridgehead atoms. The fourth-order valence-corrected chi connectivity index (χ4v) is 4.98. The van der Waals surface area contributed by atoms with Gasteiger partial charge < -0.3 is 19.4 Å². The molecule has 1 saturated heterocycles. The Morgan fingerprint density at radius 1 is 1.14 bits per heavy atom. The molecule has 0 saturated carbocycles. The van der Waals surface area contributed by atoms with Crippen molar-refractivity contribution in [2.24, 2.45) is 7.05 Å². The van der Waals surface area contributed by atoms with Crippen LogP contribution in [-0.4, -0.2) is 61.9 Å². The highest BCUT2D eigenvalue weighted by atomic mass is 32.1. The van der Waals surface area contributed by atoms with Crippen LogP contribution in [0.5, 0.6) is 0 Å². The summed E-state index contributed by atoms with van der Waals surface area (Å²) in [4.78, 5) is 33.5. The second-order valence-corrected chi connectivity index (χ2v) is 9.39. The molecule has 6 heterocycles. The van der Waals surface area contributed by atoms with Crippen LogP contribution in [0.25, 0.3) is 33.1 Å². The molecule has 182 valence electrons. The molecular formula is C24H22N8O3S. The number of nitrogens with one attached hydrogen (secondary N) is 1. The van der Waals surface area contributed by atoms with Crippen LogP contribution < -0.4 is 10.2 Å². The summed E-state index contributed by atoms with van der Waals surface area (Å²) in [6.07, 6.45) is 6.58. The number of fused-ring (bicyclic) bond motifs is 1. The van der Waals surface area contributed by atoms with Crippen LogP contribution in [0.15, 0.2) is 47.5 Å². The summed E-state index contributed by atoms with van der Waals surface area (Å²) in [5.74, 6) is -0.0516. The first-order valence-corrected chi connectivity index (χ1v) is 12.2. The van der Waals surface area contributed by atoms with Gasteiger partial charge in [-0.3, -0.25) is 14.5 Å². The van der Waals surface area contributed by atoms with Crippen molar-refractivity contribution >= 4 is 38.4 Å². The van der Waals surface area contributed by atoms with Crippen LogP contribution in [0.4, 0.5) is 10.8 Å². The van der Waals surface area contributed by atoms with Crippen molar-refractivity contribution in [3.63, 3.8) is 0 Å². The molecular weight excluding hydrogens is 480 g/mol. The summed E-state index contributed by atoms with van der Waals surface area (Å²) >= 11 is 1.54. The molecule has 0 unspecified atom stereocenters. The van der Waals surface area contributed by atoms with Crippen molar-refractivity contribution in [1.82, 2.24) is 29.7 Å². The zero-order valence-electron chi connectivity index (χ0n) is 19.6. The number of aryl methyl sites for hydroxylation is 2. The molecule has 1 fully saturated rings. The minimum absolute atomic E-state index is 0.162. The van der Waals surface area contributed by atoms with E-state index in [-0.39, 0.29) is 5.69 Å². The second kappa shape index (κ2) is 9.13. The predicted octanol–water partition coefficient (Wildman–Crippen LogP) is 3.54. The number of ether oxygens (including phenoxy) is 1. The monoisotopic (exact) mass is 502 g/mol. The first-order chi connectivity index (χ1) is 17.5. The molecule has 36 heavy (non-hydrogen) atoms. The summed E-state index contributed by atoms with van der Waals surface area (Å²) in [7, 11) is 1.83. The molecule has 5 aromatic rings. The number of nitrogens with zero attached hydrogens (tertiary/aromatic N) is 7. The standard InChI is InChI=1S/C24H22N8O3S/c1-14-9-15(3-4-25-14)23-28-18(13-35-23)22(33)27-17-10-19-21(29-20(17)16-11-26-31(2)12-16)30-24(36-19)32-5-7-34-8-6-32/h3-4,9-13H,5-8H2,1-2H3,(H,27,33). The molecule has 12 heteroatoms. The maximum Gasteiger partial charge on any atom is 0.277 e. The molecule has 1 aliphatic rings. The third kappa shape index (κ3) is 4.32. The van der Waals surface area contributed by atoms with Crippen LogP contribution in [-0.2, 0) is 11.8 Å². The van der Waals surface area contributed by atoms with E-state index in [1.807, 2.05) is 32.3 Å². The fourth-order valence-electron chi connectivity index (χ4n) is 3.98. The lowest BCUT2D eigenvalue weighted by Gasteiger charge is -2.25. The number of oxazole rings is 1. The number of morpholine rings is 1. The Kier molecular flexibility index (Phi) is 5.66. The number of rotatable bonds is 5. The van der Waals surface area contributed by atoms with E-state index in [1.54, 1.807) is 23.1 Å². The summed E-state index contributed by atoms with van der Waals surface area (Å²) in [5, 5.41) is 8.11. The van der Waals surface area contributed by atoms with Crippen molar-refractivity contribution in [2.45, 2.75) is 6.92 Å². The van der Waals surface area contributed by atoms with Gasteiger partial charge in [0.05, 0.1) is 35.5 Å². The van der Waals surface area contributed by atoms with Crippen LogP contribution in [0, 0.1) is 6.92 Å². The van der Waals surface area contributed by atoms with E-state index in [1.165, 1.54) is 17.6 Å². The largest absolute Gasteiger partial charge is 0.444 e. The number of hydrogen-bond acceptors (Lipinski definition) is 10. The van der Waals surface area contributed by atoms with E-state index >= 15 is 0 Å². The minimum atomic E-state index is -0.403. The number of hydrogen-bond donors (Lipinski definition) is 1. The van der Waals surface area contributed by atoms with E-state index in [0.717, 1.165) is 39.7 Å². The van der Waals surface area contributed by atoms with E-state index in [0.29, 0.717) is 36.1 Å². The van der Waals surface area contributed by atoms with Crippen LogP contribution >= 0.6 is 11.3 Å². The highest BCUT2D eigenvalue weighted by Crippen LogP contribution is 2.35. The van der Waals surface area contributed by atoms with Gasteiger partial charge in [0.2, 0.25) is 5.89 Å². The lowest BCUT2D eigenvalue weighted by molar-refractivity contribution is 0.102. The van der Waals surface area contributed by atoms with Crippen molar-refractivity contribution in [1.29, 1.82) is 0 Å². The Morgan fingerprint density at radius 3 is 2.78 bits per heavy atom. The van der Waals surface area contributed by atoms with Gasteiger partial charge in [-0.1, -0.05) is 11.3 Å². The number of aromatic nitrogens is 6. The molecule has 0 aliphatic carbocycles. The molecule has 6 rings (SSSR count). The minimum Gasteiger partial charge on any atom is -0.444 e. The van der Waals surface area contributed by atoms with E-state index in [9.17, 15) is 4.79 Å². The lowest BCUT2D eigenvalue weighted by atomic mass is 10.2. The van der Waals surface area contributed by atoms with Gasteiger partial charge in [0, 0.05) is 49.4 Å². The van der Waals surface area contributed by atoms with E-state index in [4.69, 9.17) is 19.1 Å².